The zero-order valence-electron chi connectivity index (χ0n) is 27.9. The fraction of sp³-hybridized carbons (Fsp3) is 0.441. The van der Waals surface area contributed by atoms with Crippen LogP contribution in [0.5, 0.6) is 5.75 Å². The molecule has 0 bridgehead atoms. The highest BCUT2D eigenvalue weighted by atomic mass is 35.5. The molecule has 6 rings (SSSR count). The maximum absolute atomic E-state index is 9.00. The number of benzene rings is 2. The van der Waals surface area contributed by atoms with Crippen LogP contribution in [0.4, 0.5) is 11.5 Å². The molecule has 0 amide bonds. The van der Waals surface area contributed by atoms with Crippen LogP contribution in [0.25, 0.3) is 22.3 Å². The molecular weight excluding hydrogens is 636 g/mol. The van der Waals surface area contributed by atoms with E-state index < -0.39 is 11.9 Å². The second kappa shape index (κ2) is 17.1. The lowest BCUT2D eigenvalue weighted by molar-refractivity contribution is -0.135. The van der Waals surface area contributed by atoms with Gasteiger partial charge in [0.25, 0.3) is 11.9 Å². The van der Waals surface area contributed by atoms with E-state index in [4.69, 9.17) is 47.0 Å². The van der Waals surface area contributed by atoms with Crippen LogP contribution in [-0.2, 0) is 16.1 Å². The highest BCUT2D eigenvalue weighted by Crippen LogP contribution is 2.39. The molecule has 1 aliphatic carbocycles. The summed E-state index contributed by atoms with van der Waals surface area (Å²) in [5.74, 6) is -0.507. The van der Waals surface area contributed by atoms with Crippen LogP contribution >= 0.6 is 11.6 Å². The number of fused-ring (bicyclic) bond motifs is 1. The summed E-state index contributed by atoms with van der Waals surface area (Å²) in [7, 11) is 3.88. The summed E-state index contributed by atoms with van der Waals surface area (Å²) in [6.07, 6.45) is 6.03. The van der Waals surface area contributed by atoms with Crippen molar-refractivity contribution in [3.05, 3.63) is 59.4 Å². The molecule has 2 aliphatic rings. The standard InChI is InChI=1S/C30H37ClN8O.2C2H4O2/c1-37-13-15-38(16-14-37)22-8-10-23(11-9-22)39-30-27(29(32)34-19-35-30)28(36-39)20-7-12-25(26(17-20)40-2)33-18-21-5-3-4-6-24(21)31;2*1-2(3)4/h3-7,12,17,19,22-23,33H,8-11,13-16,18H2,1-2H3,(H2,32,34,35);2*1H3,(H,3,4). The zero-order valence-corrected chi connectivity index (χ0v) is 28.7. The van der Waals surface area contributed by atoms with Crippen LogP contribution in [0.3, 0.4) is 0 Å². The first kappa shape index (κ1) is 36.4. The van der Waals surface area contributed by atoms with Gasteiger partial charge >= 0.3 is 0 Å². The van der Waals surface area contributed by atoms with Gasteiger partial charge in [0.2, 0.25) is 0 Å². The van der Waals surface area contributed by atoms with Gasteiger partial charge in [0.05, 0.1) is 24.2 Å². The highest BCUT2D eigenvalue weighted by molar-refractivity contribution is 6.31. The molecule has 14 heteroatoms. The number of carbonyl (C=O) groups is 2. The molecule has 0 atom stereocenters. The van der Waals surface area contributed by atoms with Gasteiger partial charge in [-0.15, -0.1) is 0 Å². The van der Waals surface area contributed by atoms with Crippen molar-refractivity contribution in [1.29, 1.82) is 0 Å². The number of nitrogens with zero attached hydrogens (tertiary/aromatic N) is 6. The number of hydrogen-bond acceptors (Lipinski definition) is 10. The fourth-order valence-corrected chi connectivity index (χ4v) is 6.33. The highest BCUT2D eigenvalue weighted by Gasteiger charge is 2.30. The Balaban J connectivity index is 0.000000588. The number of piperazine rings is 1. The van der Waals surface area contributed by atoms with Crippen LogP contribution in [0, 0.1) is 0 Å². The zero-order chi connectivity index (χ0) is 34.8. The Hall–Kier alpha value is -4.46. The summed E-state index contributed by atoms with van der Waals surface area (Å²) < 4.78 is 7.86. The lowest BCUT2D eigenvalue weighted by Gasteiger charge is -2.41. The summed E-state index contributed by atoms with van der Waals surface area (Å²) in [6, 6.07) is 14.8. The van der Waals surface area contributed by atoms with Gasteiger partial charge < -0.3 is 30.9 Å². The molecule has 1 saturated heterocycles. The number of halogens is 1. The first-order valence-electron chi connectivity index (χ1n) is 15.9. The van der Waals surface area contributed by atoms with Gasteiger partial charge in [0.15, 0.2) is 5.65 Å². The minimum atomic E-state index is -0.833. The topological polar surface area (TPSA) is 172 Å². The Morgan fingerprint density at radius 2 is 1.60 bits per heavy atom. The Morgan fingerprint density at radius 1 is 0.979 bits per heavy atom. The van der Waals surface area contributed by atoms with Gasteiger partial charge in [-0.2, -0.15) is 5.10 Å². The third-order valence-corrected chi connectivity index (χ3v) is 8.86. The second-order valence-corrected chi connectivity index (χ2v) is 12.4. The number of hydrogen-bond donors (Lipinski definition) is 4. The van der Waals surface area contributed by atoms with Gasteiger partial charge in [0, 0.05) is 63.2 Å². The van der Waals surface area contributed by atoms with E-state index in [9.17, 15) is 0 Å². The summed E-state index contributed by atoms with van der Waals surface area (Å²) >= 11 is 6.35. The molecule has 0 spiro atoms. The van der Waals surface area contributed by atoms with Crippen molar-refractivity contribution >= 4 is 46.1 Å². The van der Waals surface area contributed by atoms with Gasteiger partial charge in [0.1, 0.15) is 23.6 Å². The average Bonchev–Trinajstić information content (AvgIpc) is 3.45. The normalized spacial score (nSPS) is 18.2. The monoisotopic (exact) mass is 680 g/mol. The van der Waals surface area contributed by atoms with E-state index in [1.54, 1.807) is 7.11 Å². The number of nitrogens with two attached hydrogens (primary N) is 1. The van der Waals surface area contributed by atoms with Crippen LogP contribution in [0.15, 0.2) is 48.8 Å². The summed E-state index contributed by atoms with van der Waals surface area (Å²) in [6.45, 7) is 7.39. The number of ether oxygens (including phenoxy) is 1. The number of carboxylic acid groups (broad SMARTS) is 2. The molecule has 3 heterocycles. The summed E-state index contributed by atoms with van der Waals surface area (Å²) in [5.41, 5.74) is 10.8. The number of likely N-dealkylation sites (N-methyl/N-ethyl adjacent to an activating group) is 1. The van der Waals surface area contributed by atoms with E-state index in [-0.39, 0.29) is 6.04 Å². The first-order chi connectivity index (χ1) is 23.0. The number of nitrogen functional groups attached to an aromatic ring is 1. The van der Waals surface area contributed by atoms with Crippen molar-refractivity contribution in [2.75, 3.05) is 51.4 Å². The number of anilines is 2. The molecule has 1 aliphatic heterocycles. The Kier molecular flexibility index (Phi) is 13.0. The van der Waals surface area contributed by atoms with Gasteiger partial charge in [-0.05, 0) is 56.5 Å². The van der Waals surface area contributed by atoms with Crippen molar-refractivity contribution in [2.45, 2.75) is 58.2 Å². The number of rotatable bonds is 7. The van der Waals surface area contributed by atoms with Crippen molar-refractivity contribution in [3.63, 3.8) is 0 Å². The van der Waals surface area contributed by atoms with E-state index >= 15 is 0 Å². The predicted octanol–water partition coefficient (Wildman–Crippen LogP) is 5.26. The second-order valence-electron chi connectivity index (χ2n) is 12.0. The Labute approximate surface area is 285 Å². The summed E-state index contributed by atoms with van der Waals surface area (Å²) in [4.78, 5) is 32.1. The molecule has 0 unspecified atom stereocenters. The molecule has 2 aromatic carbocycles. The predicted molar refractivity (Wildman–Crippen MR) is 187 cm³/mol. The summed E-state index contributed by atoms with van der Waals surface area (Å²) in [5, 5.41) is 24.9. The van der Waals surface area contributed by atoms with Crippen molar-refractivity contribution < 1.29 is 24.5 Å². The molecule has 1 saturated carbocycles. The SMILES string of the molecule is CC(=O)O.CC(=O)O.COc1cc(-c2nn(C3CCC(N4CCN(C)CC4)CC3)c3ncnc(N)c23)ccc1NCc1ccccc1Cl. The molecule has 48 heavy (non-hydrogen) atoms. The van der Waals surface area contributed by atoms with E-state index in [0.29, 0.717) is 18.4 Å². The largest absolute Gasteiger partial charge is 0.495 e. The number of aromatic nitrogens is 4. The molecule has 4 aromatic rings. The lowest BCUT2D eigenvalue weighted by atomic mass is 9.90. The van der Waals surface area contributed by atoms with E-state index in [0.717, 1.165) is 97.2 Å². The van der Waals surface area contributed by atoms with Gasteiger partial charge in [-0.3, -0.25) is 14.5 Å². The van der Waals surface area contributed by atoms with E-state index in [1.165, 1.54) is 19.2 Å². The van der Waals surface area contributed by atoms with Crippen LogP contribution in [0.2, 0.25) is 5.02 Å². The Bertz CT molecular complexity index is 1660. The van der Waals surface area contributed by atoms with Crippen molar-refractivity contribution in [3.8, 4) is 17.0 Å². The van der Waals surface area contributed by atoms with Crippen LogP contribution in [-0.4, -0.2) is 98.1 Å². The number of aliphatic carboxylic acids is 2. The Morgan fingerprint density at radius 3 is 2.23 bits per heavy atom. The quantitative estimate of drug-likeness (QED) is 0.200. The van der Waals surface area contributed by atoms with E-state index in [1.807, 2.05) is 42.5 Å². The lowest BCUT2D eigenvalue weighted by Crippen LogP contribution is -2.49. The molecular formula is C34H45ClN8O5. The average molecular weight is 681 g/mol. The number of methoxy groups -OCH3 is 1. The van der Waals surface area contributed by atoms with E-state index in [2.05, 4.69) is 36.8 Å². The number of carboxylic acids is 2. The van der Waals surface area contributed by atoms with Gasteiger partial charge in [-0.25, -0.2) is 14.6 Å². The third kappa shape index (κ3) is 9.55. The molecule has 0 radical (unpaired) electrons. The van der Waals surface area contributed by atoms with Crippen molar-refractivity contribution in [2.24, 2.45) is 0 Å². The molecule has 2 aromatic heterocycles. The molecule has 5 N–H and O–H groups in total. The number of nitrogens with one attached hydrogen (secondary N) is 1. The van der Waals surface area contributed by atoms with Crippen LogP contribution in [0.1, 0.15) is 51.1 Å². The smallest absolute Gasteiger partial charge is 0.300 e. The fourth-order valence-electron chi connectivity index (χ4n) is 6.12. The first-order valence-corrected chi connectivity index (χ1v) is 16.3. The molecule has 13 nitrogen and oxygen atoms in total. The minimum absolute atomic E-state index is 0.285. The maximum atomic E-state index is 9.00. The van der Waals surface area contributed by atoms with Crippen molar-refractivity contribution in [1.82, 2.24) is 29.5 Å². The third-order valence-electron chi connectivity index (χ3n) is 8.49. The minimum Gasteiger partial charge on any atom is -0.495 e. The molecule has 2 fully saturated rings. The molecule has 258 valence electrons. The maximum Gasteiger partial charge on any atom is 0.300 e. The van der Waals surface area contributed by atoms with Gasteiger partial charge in [-0.1, -0.05) is 35.9 Å². The van der Waals surface area contributed by atoms with Crippen LogP contribution < -0.4 is 15.8 Å².